The molecular weight excluding hydrogens is 1200 g/mol. The van der Waals surface area contributed by atoms with Gasteiger partial charge in [-0.25, -0.2) is 9.59 Å². The van der Waals surface area contributed by atoms with Crippen LogP contribution < -0.4 is 4.74 Å². The number of unbranched alkanes of at least 4 members (excludes halogenated alkanes) is 2. The molecule has 0 fully saturated rings. The number of carbonyl (C=O) groups is 8. The van der Waals surface area contributed by atoms with Crippen LogP contribution in [0, 0.1) is 21.7 Å². The Labute approximate surface area is 559 Å². The largest absolute Gasteiger partial charge is 0.462 e. The molecule has 10 rings (SSSR count). The lowest BCUT2D eigenvalue weighted by atomic mass is 9.69. The maximum Gasteiger partial charge on any atom is 0.342 e. The van der Waals surface area contributed by atoms with Gasteiger partial charge in [0.25, 0.3) is 0 Å². The molecule has 15 heteroatoms. The Morgan fingerprint density at radius 1 is 0.396 bits per heavy atom. The van der Waals surface area contributed by atoms with Crippen molar-refractivity contribution < 1.29 is 52.6 Å². The Balaban J connectivity index is 0.788. The van der Waals surface area contributed by atoms with Gasteiger partial charge in [0.05, 0.1) is 37.0 Å². The van der Waals surface area contributed by atoms with Crippen LogP contribution in [0.25, 0.3) is 11.1 Å². The van der Waals surface area contributed by atoms with Crippen molar-refractivity contribution in [1.82, 2.24) is 0 Å². The molecule has 0 aliphatic heterocycles. The van der Waals surface area contributed by atoms with Crippen molar-refractivity contribution in [2.45, 2.75) is 102 Å². The van der Waals surface area contributed by atoms with E-state index in [4.69, 9.17) is 14.2 Å². The van der Waals surface area contributed by atoms with Crippen LogP contribution in [0.3, 0.4) is 0 Å². The summed E-state index contributed by atoms with van der Waals surface area (Å²) in [6.45, 7) is 21.8. The maximum atomic E-state index is 14.6. The quantitative estimate of drug-likeness (QED) is 0.0322. The first kappa shape index (κ1) is 68.1. The molecule has 0 saturated carbocycles. The molecule has 0 radical (unpaired) electrons. The predicted molar refractivity (Wildman–Crippen MR) is 369 cm³/mol. The highest BCUT2D eigenvalue weighted by molar-refractivity contribution is 6.47. The lowest BCUT2D eigenvalue weighted by molar-refractivity contribution is -0.138. The number of rotatable bonds is 19. The van der Waals surface area contributed by atoms with Crippen LogP contribution in [0.2, 0.25) is 0 Å². The molecule has 0 aromatic heterocycles. The van der Waals surface area contributed by atoms with Gasteiger partial charge < -0.3 is 14.2 Å². The van der Waals surface area contributed by atoms with Crippen LogP contribution in [0.1, 0.15) is 154 Å². The Bertz CT molecular complexity index is 4480. The Morgan fingerprint density at radius 2 is 0.771 bits per heavy atom. The number of hydrogen-bond acceptors (Lipinski definition) is 15. The first-order chi connectivity index (χ1) is 45.6. The second-order valence-corrected chi connectivity index (χ2v) is 27.8. The molecule has 0 unspecified atom stereocenters. The number of esters is 2. The molecule has 0 bridgehead atoms. The fourth-order valence-electron chi connectivity index (χ4n) is 11.8. The molecule has 15 nitrogen and oxygen atoms in total. The number of Topliss-reactive ketones (excluding diaryl/α,β-unsaturated/α-hetero) is 6. The van der Waals surface area contributed by atoms with Gasteiger partial charge in [-0.2, -0.15) is 20.5 Å². The van der Waals surface area contributed by atoms with Crippen molar-refractivity contribution >= 4 is 69.2 Å². The third-order valence-corrected chi connectivity index (χ3v) is 16.9. The average Bonchev–Trinajstić information content (AvgIpc) is 0.766. The molecule has 6 aromatic rings. The van der Waals surface area contributed by atoms with E-state index in [2.05, 4.69) is 20.5 Å². The van der Waals surface area contributed by atoms with E-state index in [0.717, 1.165) is 22.3 Å². The summed E-state index contributed by atoms with van der Waals surface area (Å²) in [5.41, 5.74) is 4.44. The molecule has 0 heterocycles. The number of fused-ring (bicyclic) bond motifs is 2. The summed E-state index contributed by atoms with van der Waals surface area (Å²) in [4.78, 5) is 112. The number of ketones is 6. The summed E-state index contributed by atoms with van der Waals surface area (Å²) < 4.78 is 17.4. The summed E-state index contributed by atoms with van der Waals surface area (Å²) >= 11 is 0. The number of allylic oxidation sites excluding steroid dienone is 12. The van der Waals surface area contributed by atoms with Crippen molar-refractivity contribution in [3.8, 4) is 11.5 Å². The van der Waals surface area contributed by atoms with Crippen LogP contribution in [0.5, 0.6) is 11.5 Å². The van der Waals surface area contributed by atoms with Crippen LogP contribution in [0.4, 0.5) is 11.4 Å². The van der Waals surface area contributed by atoms with Gasteiger partial charge in [-0.15, -0.1) is 0 Å². The minimum Gasteiger partial charge on any atom is -0.462 e. The number of benzene rings is 6. The predicted octanol–water partition coefficient (Wildman–Crippen LogP) is 18.3. The molecule has 0 spiro atoms. The maximum absolute atomic E-state index is 14.6. The summed E-state index contributed by atoms with van der Waals surface area (Å²) in [6, 6.07) is 42.6. The van der Waals surface area contributed by atoms with Gasteiger partial charge >= 0.3 is 11.9 Å². The van der Waals surface area contributed by atoms with Crippen molar-refractivity contribution in [2.24, 2.45) is 42.1 Å². The van der Waals surface area contributed by atoms with E-state index in [9.17, 15) is 38.4 Å². The molecule has 96 heavy (non-hydrogen) atoms. The average molecular weight is 1280 g/mol. The van der Waals surface area contributed by atoms with Crippen molar-refractivity contribution in [3.63, 3.8) is 0 Å². The number of azo groups is 2. The lowest BCUT2D eigenvalue weighted by Gasteiger charge is -2.33. The molecule has 0 saturated heterocycles. The summed E-state index contributed by atoms with van der Waals surface area (Å²) in [5.74, 6) is -3.01. The minimum atomic E-state index is -0.969. The third-order valence-electron chi connectivity index (χ3n) is 16.9. The smallest absolute Gasteiger partial charge is 0.342 e. The van der Waals surface area contributed by atoms with E-state index in [1.54, 1.807) is 146 Å². The van der Waals surface area contributed by atoms with E-state index in [1.807, 2.05) is 107 Å². The third kappa shape index (κ3) is 15.2. The Kier molecular flexibility index (Phi) is 19.9. The van der Waals surface area contributed by atoms with E-state index in [0.29, 0.717) is 76.4 Å². The summed E-state index contributed by atoms with van der Waals surface area (Å²) in [5, 5.41) is 17.6. The van der Waals surface area contributed by atoms with Gasteiger partial charge in [0.1, 0.15) is 22.6 Å². The van der Waals surface area contributed by atoms with Crippen LogP contribution in [-0.4, -0.2) is 59.9 Å². The number of hydrogen-bond donors (Lipinski definition) is 0. The van der Waals surface area contributed by atoms with E-state index < -0.39 is 51.5 Å². The number of carbonyl (C=O) groups excluding carboxylic acids is 8. The van der Waals surface area contributed by atoms with Crippen molar-refractivity contribution in [1.29, 1.82) is 0 Å². The molecular formula is C81H76N4O11. The van der Waals surface area contributed by atoms with Crippen LogP contribution in [-0.2, 0) is 35.1 Å². The fraction of sp³-hybridized carbons (Fsp3) is 0.259. The van der Waals surface area contributed by atoms with E-state index in [-0.39, 0.29) is 74.6 Å². The molecule has 4 aliphatic rings. The fourth-order valence-corrected chi connectivity index (χ4v) is 11.8. The first-order valence-electron chi connectivity index (χ1n) is 32.0. The summed E-state index contributed by atoms with van der Waals surface area (Å²) in [6.07, 6.45) is 12.1. The zero-order valence-corrected chi connectivity index (χ0v) is 55.9. The van der Waals surface area contributed by atoms with E-state index in [1.165, 1.54) is 12.1 Å². The highest BCUT2D eigenvalue weighted by atomic mass is 16.5. The number of ether oxygens (including phenoxy) is 3. The van der Waals surface area contributed by atoms with Gasteiger partial charge in [0.2, 0.25) is 11.6 Å². The monoisotopic (exact) mass is 1280 g/mol. The standard InChI is InChI=1S/C81H76N4O11/c1-78(2,3)62-42-50(43-63(74(62)90)79(4,5)6)47-82-84-54-31-35-56(36-32-54)96-57-37-33-55(34-38-57)85-83-48-51-44-64(80(7,8)9)75(91)65(45-51)81(10,11)46-49-23-22-26-53(41-49)67-69(73(89)61-30-19-17-28-59(61)71(67)87)77(93)95-40-21-13-20-39-94-76(92)68-66(52-24-14-12-15-25-52)70(86)58-27-16-18-29-60(58)72(68)88/h12,14-19,22-38,41-45,47-48H,13,20-21,39-40,46H2,1-11H3/b51-48+,84-82?,85-83?. The SMILES string of the molecule is CC(C)(C)C1=CC(=CN=Nc2ccc(Oc3ccc(N=N/C=C4\C=C(C(C)(C)C)C(=O)C(C(C)(C)Cc5cccc(C6=C(C(=O)OCCCCCOC(=O)C7=C(c8ccccc8)C(=O)c8ccccc8C7=O)C(=O)c7ccccc7C6=O)c5)=C4)cc3)cc2)C=C(C(C)(C)C)C1=O. The topological polar surface area (TPSA) is 214 Å². The Hall–Kier alpha value is -10.8. The van der Waals surface area contributed by atoms with Crippen molar-refractivity contribution in [2.75, 3.05) is 13.2 Å². The highest BCUT2D eigenvalue weighted by Gasteiger charge is 2.41. The van der Waals surface area contributed by atoms with E-state index >= 15 is 0 Å². The first-order valence-corrected chi connectivity index (χ1v) is 32.0. The van der Waals surface area contributed by atoms with Gasteiger partial charge in [-0.1, -0.05) is 179 Å². The zero-order chi connectivity index (χ0) is 68.9. The molecule has 0 amide bonds. The zero-order valence-electron chi connectivity index (χ0n) is 55.9. The molecule has 486 valence electrons. The number of nitrogens with zero attached hydrogens (tertiary/aromatic N) is 4. The van der Waals surface area contributed by atoms with Crippen LogP contribution >= 0.6 is 0 Å². The molecule has 4 aliphatic carbocycles. The molecule has 0 N–H and O–H groups in total. The van der Waals surface area contributed by atoms with Gasteiger partial charge in [-0.3, -0.25) is 28.8 Å². The molecule has 0 atom stereocenters. The highest BCUT2D eigenvalue weighted by Crippen LogP contribution is 2.44. The summed E-state index contributed by atoms with van der Waals surface area (Å²) in [7, 11) is 0. The Morgan fingerprint density at radius 3 is 1.20 bits per heavy atom. The molecule has 6 aromatic carbocycles. The van der Waals surface area contributed by atoms with Gasteiger partial charge in [0.15, 0.2) is 23.1 Å². The van der Waals surface area contributed by atoms with Gasteiger partial charge in [0, 0.05) is 55.7 Å². The van der Waals surface area contributed by atoms with Crippen LogP contribution in [0.15, 0.2) is 253 Å². The second kappa shape index (κ2) is 28.0. The minimum absolute atomic E-state index is 0.0230. The van der Waals surface area contributed by atoms with Crippen molar-refractivity contribution in [3.05, 3.63) is 272 Å². The van der Waals surface area contributed by atoms with Gasteiger partial charge in [-0.05, 0) is 148 Å². The lowest BCUT2D eigenvalue weighted by Crippen LogP contribution is -2.31. The normalized spacial score (nSPS) is 16.0. The second-order valence-electron chi connectivity index (χ2n) is 27.8.